The second-order valence-electron chi connectivity index (χ2n) is 6.88. The third-order valence-corrected chi connectivity index (χ3v) is 4.72. The van der Waals surface area contributed by atoms with E-state index in [2.05, 4.69) is 28.3 Å². The second-order valence-corrected chi connectivity index (χ2v) is 6.88. The van der Waals surface area contributed by atoms with Gasteiger partial charge in [-0.2, -0.15) is 0 Å². The third-order valence-electron chi connectivity index (χ3n) is 4.72. The minimum Gasteiger partial charge on any atom is -0.472 e. The Kier molecular flexibility index (Phi) is 4.66. The molecule has 27 heavy (non-hydrogen) atoms. The number of hydrogen-bond donors (Lipinski definition) is 0. The Morgan fingerprint density at radius 3 is 2.93 bits per heavy atom. The molecule has 0 unspecified atom stereocenters. The van der Waals surface area contributed by atoms with E-state index < -0.39 is 0 Å². The summed E-state index contributed by atoms with van der Waals surface area (Å²) in [5.41, 5.74) is 1.77. The van der Waals surface area contributed by atoms with Crippen LogP contribution in [0.25, 0.3) is 0 Å². The lowest BCUT2D eigenvalue weighted by Gasteiger charge is -2.27. The molecule has 0 saturated carbocycles. The summed E-state index contributed by atoms with van der Waals surface area (Å²) < 4.78 is 7.53. The van der Waals surface area contributed by atoms with Crippen LogP contribution in [-0.4, -0.2) is 47.9 Å². The molecule has 0 fully saturated rings. The Balaban J connectivity index is 1.50. The largest absolute Gasteiger partial charge is 0.472 e. The highest BCUT2D eigenvalue weighted by molar-refractivity contribution is 6.05. The van der Waals surface area contributed by atoms with Crippen molar-refractivity contribution < 1.29 is 9.53 Å². The number of carbonyl (C=O) groups excluding carboxylic acids is 1. The quantitative estimate of drug-likeness (QED) is 0.815. The summed E-state index contributed by atoms with van der Waals surface area (Å²) in [6, 6.07) is 7.42. The normalized spacial score (nSPS) is 16.1. The van der Waals surface area contributed by atoms with Crippen molar-refractivity contribution in [2.75, 3.05) is 37.0 Å². The molecule has 1 amide bonds. The number of rotatable bonds is 5. The molecule has 0 atom stereocenters. The number of ether oxygens (including phenoxy) is 1. The van der Waals surface area contributed by atoms with Gasteiger partial charge in [-0.15, -0.1) is 5.10 Å². The lowest BCUT2D eigenvalue weighted by atomic mass is 10.1. The summed E-state index contributed by atoms with van der Waals surface area (Å²) in [6.45, 7) is 1.65. The Bertz CT molecular complexity index is 913. The predicted molar refractivity (Wildman–Crippen MR) is 104 cm³/mol. The van der Waals surface area contributed by atoms with Crippen molar-refractivity contribution in [3.8, 4) is 5.88 Å². The van der Waals surface area contributed by atoms with E-state index >= 15 is 0 Å². The summed E-state index contributed by atoms with van der Waals surface area (Å²) in [5.74, 6) is 1.86. The molecule has 0 spiro atoms. The molecule has 140 valence electrons. The van der Waals surface area contributed by atoms with Gasteiger partial charge in [-0.05, 0) is 30.5 Å². The van der Waals surface area contributed by atoms with Crippen LogP contribution in [0.2, 0.25) is 0 Å². The van der Waals surface area contributed by atoms with E-state index in [0.29, 0.717) is 37.1 Å². The van der Waals surface area contributed by atoms with Crippen LogP contribution in [0.5, 0.6) is 5.88 Å². The molecule has 2 aromatic heterocycles. The van der Waals surface area contributed by atoms with Crippen LogP contribution in [0.15, 0.2) is 48.1 Å². The number of fused-ring (bicyclic) bond motifs is 1. The molecule has 3 heterocycles. The summed E-state index contributed by atoms with van der Waals surface area (Å²) >= 11 is 0. The molecule has 1 aliphatic carbocycles. The van der Waals surface area contributed by atoms with Crippen molar-refractivity contribution >= 4 is 17.5 Å². The fraction of sp³-hybridized carbons (Fsp3) is 0.350. The maximum absolute atomic E-state index is 13.0. The number of anilines is 2. The van der Waals surface area contributed by atoms with Crippen LogP contribution in [-0.2, 0) is 6.54 Å². The zero-order valence-corrected chi connectivity index (χ0v) is 15.6. The van der Waals surface area contributed by atoms with Gasteiger partial charge in [-0.3, -0.25) is 14.4 Å². The van der Waals surface area contributed by atoms with Gasteiger partial charge in [0.25, 0.3) is 5.91 Å². The fourth-order valence-corrected chi connectivity index (χ4v) is 3.21. The summed E-state index contributed by atoms with van der Waals surface area (Å²) in [5, 5.41) is 4.43. The molecule has 1 aliphatic heterocycles. The number of aromatic nitrogens is 3. The molecule has 7 nitrogen and oxygen atoms in total. The van der Waals surface area contributed by atoms with Crippen molar-refractivity contribution in [3.63, 3.8) is 0 Å². The van der Waals surface area contributed by atoms with Gasteiger partial charge in [0.2, 0.25) is 5.88 Å². The number of nitrogens with zero attached hydrogens (tertiary/aromatic N) is 5. The van der Waals surface area contributed by atoms with E-state index in [9.17, 15) is 4.79 Å². The third kappa shape index (κ3) is 3.58. The van der Waals surface area contributed by atoms with E-state index in [4.69, 9.17) is 4.74 Å². The molecule has 0 saturated heterocycles. The molecule has 0 aromatic carbocycles. The lowest BCUT2D eigenvalue weighted by molar-refractivity contribution is 0.0961. The molecule has 0 N–H and O–H groups in total. The van der Waals surface area contributed by atoms with Crippen LogP contribution in [0.4, 0.5) is 11.6 Å². The van der Waals surface area contributed by atoms with Gasteiger partial charge in [-0.25, -0.2) is 4.98 Å². The van der Waals surface area contributed by atoms with Crippen LogP contribution in [0.1, 0.15) is 23.3 Å². The number of hydrogen-bond acceptors (Lipinski definition) is 5. The average molecular weight is 365 g/mol. The van der Waals surface area contributed by atoms with E-state index in [-0.39, 0.29) is 5.91 Å². The summed E-state index contributed by atoms with van der Waals surface area (Å²) in [4.78, 5) is 21.1. The van der Waals surface area contributed by atoms with E-state index in [0.717, 1.165) is 18.7 Å². The number of pyridine rings is 1. The summed E-state index contributed by atoms with van der Waals surface area (Å²) in [7, 11) is 3.86. The monoisotopic (exact) mass is 365 g/mol. The first-order chi connectivity index (χ1) is 13.1. The highest BCUT2D eigenvalue weighted by Crippen LogP contribution is 2.24. The Hall–Kier alpha value is -3.09. The molecule has 2 aliphatic rings. The fourth-order valence-electron chi connectivity index (χ4n) is 3.21. The Morgan fingerprint density at radius 2 is 2.15 bits per heavy atom. The van der Waals surface area contributed by atoms with Gasteiger partial charge >= 0.3 is 0 Å². The molecular weight excluding hydrogens is 342 g/mol. The van der Waals surface area contributed by atoms with Crippen molar-refractivity contribution in [2.45, 2.75) is 19.4 Å². The van der Waals surface area contributed by atoms with E-state index in [1.807, 2.05) is 37.2 Å². The van der Waals surface area contributed by atoms with Crippen LogP contribution in [0.3, 0.4) is 0 Å². The first-order valence-corrected chi connectivity index (χ1v) is 9.13. The van der Waals surface area contributed by atoms with Crippen LogP contribution in [0, 0.1) is 0 Å². The smallest absolute Gasteiger partial charge is 0.277 e. The van der Waals surface area contributed by atoms with Gasteiger partial charge in [0, 0.05) is 26.7 Å². The van der Waals surface area contributed by atoms with E-state index in [1.165, 1.54) is 5.57 Å². The highest BCUT2D eigenvalue weighted by atomic mass is 16.5. The van der Waals surface area contributed by atoms with Crippen LogP contribution < -0.4 is 14.5 Å². The number of carbonyl (C=O) groups is 1. The Morgan fingerprint density at radius 1 is 1.26 bits per heavy atom. The number of amides is 1. The van der Waals surface area contributed by atoms with Gasteiger partial charge < -0.3 is 9.64 Å². The average Bonchev–Trinajstić information content (AvgIpc) is 3.12. The molecule has 2 aromatic rings. The Labute approximate surface area is 158 Å². The lowest BCUT2D eigenvalue weighted by Crippen LogP contribution is -2.41. The van der Waals surface area contributed by atoms with E-state index in [1.54, 1.807) is 15.6 Å². The second kappa shape index (κ2) is 7.26. The SMILES string of the molecule is CN(C)c1cccc(N2CCn3nc(OCC4=CC=CCC4)cc3C2=O)n1. The topological polar surface area (TPSA) is 63.5 Å². The van der Waals surface area contributed by atoms with Crippen molar-refractivity contribution in [2.24, 2.45) is 0 Å². The molecule has 7 heteroatoms. The highest BCUT2D eigenvalue weighted by Gasteiger charge is 2.29. The zero-order chi connectivity index (χ0) is 18.8. The van der Waals surface area contributed by atoms with Crippen molar-refractivity contribution in [3.05, 3.63) is 53.8 Å². The molecule has 0 radical (unpaired) electrons. The number of allylic oxidation sites excluding steroid dienone is 3. The minimum atomic E-state index is -0.105. The maximum atomic E-state index is 13.0. The standard InChI is InChI=1S/C20H23N5O2/c1-23(2)17-9-6-10-18(21-17)24-11-12-25-16(20(24)26)13-19(22-25)27-14-15-7-4-3-5-8-15/h3-4,6-7,9-10,13H,5,8,11-12,14H2,1-2H3. The van der Waals surface area contributed by atoms with Crippen LogP contribution >= 0.6 is 0 Å². The van der Waals surface area contributed by atoms with Gasteiger partial charge in [-0.1, -0.05) is 24.3 Å². The first-order valence-electron chi connectivity index (χ1n) is 9.13. The maximum Gasteiger partial charge on any atom is 0.277 e. The van der Waals surface area contributed by atoms with Crippen molar-refractivity contribution in [1.29, 1.82) is 0 Å². The van der Waals surface area contributed by atoms with Crippen molar-refractivity contribution in [1.82, 2.24) is 14.8 Å². The van der Waals surface area contributed by atoms with Gasteiger partial charge in [0.05, 0.1) is 6.54 Å². The summed E-state index contributed by atoms with van der Waals surface area (Å²) in [6.07, 6.45) is 8.32. The first kappa shape index (κ1) is 17.3. The zero-order valence-electron chi connectivity index (χ0n) is 15.6. The van der Waals surface area contributed by atoms with Gasteiger partial charge in [0.15, 0.2) is 0 Å². The predicted octanol–water partition coefficient (Wildman–Crippen LogP) is 2.66. The molecule has 4 rings (SSSR count). The molecule has 0 bridgehead atoms. The minimum absolute atomic E-state index is 0.105. The van der Waals surface area contributed by atoms with Gasteiger partial charge in [0.1, 0.15) is 23.9 Å². The molecular formula is C20H23N5O2.